The predicted octanol–water partition coefficient (Wildman–Crippen LogP) is 2.71. The average Bonchev–Trinajstić information content (AvgIpc) is 2.52. The van der Waals surface area contributed by atoms with Crippen LogP contribution in [0.25, 0.3) is 11.3 Å². The molecule has 0 bridgehead atoms. The Morgan fingerprint density at radius 1 is 1.29 bits per heavy atom. The molecule has 2 aromatic rings. The quantitative estimate of drug-likeness (QED) is 0.916. The first-order chi connectivity index (χ1) is 10.2. The van der Waals surface area contributed by atoms with E-state index in [4.69, 9.17) is 14.7 Å². The summed E-state index contributed by atoms with van der Waals surface area (Å²) in [5, 5.41) is 9.06. The van der Waals surface area contributed by atoms with Crippen LogP contribution in [-0.4, -0.2) is 18.7 Å². The standard InChI is InChI=1S/C16H16N2O3/c1-3-8-21-15-9-14(18-16(19)13(15)10-17)11-4-6-12(20-2)7-5-11/h4-7,9H,3,8H2,1-2H3,(H,18,19). The summed E-state index contributed by atoms with van der Waals surface area (Å²) >= 11 is 0. The molecule has 0 radical (unpaired) electrons. The first-order valence-electron chi connectivity index (χ1n) is 6.64. The van der Waals surface area contributed by atoms with Crippen molar-refractivity contribution in [2.75, 3.05) is 13.7 Å². The van der Waals surface area contributed by atoms with Gasteiger partial charge in [0.25, 0.3) is 5.56 Å². The first-order valence-corrected chi connectivity index (χ1v) is 6.64. The summed E-state index contributed by atoms with van der Waals surface area (Å²) in [6, 6.07) is 10.8. The highest BCUT2D eigenvalue weighted by atomic mass is 16.5. The van der Waals surface area contributed by atoms with E-state index in [1.54, 1.807) is 25.3 Å². The summed E-state index contributed by atoms with van der Waals surface area (Å²) in [5.74, 6) is 1.05. The molecule has 0 amide bonds. The summed E-state index contributed by atoms with van der Waals surface area (Å²) < 4.78 is 10.6. The zero-order chi connectivity index (χ0) is 15.2. The van der Waals surface area contributed by atoms with Crippen molar-refractivity contribution in [2.24, 2.45) is 0 Å². The number of nitrogens with one attached hydrogen (secondary N) is 1. The van der Waals surface area contributed by atoms with E-state index < -0.39 is 5.56 Å². The fraction of sp³-hybridized carbons (Fsp3) is 0.250. The van der Waals surface area contributed by atoms with E-state index in [0.717, 1.165) is 17.7 Å². The number of aromatic amines is 1. The van der Waals surface area contributed by atoms with Gasteiger partial charge in [0.05, 0.1) is 19.4 Å². The summed E-state index contributed by atoms with van der Waals surface area (Å²) in [5.41, 5.74) is 0.976. The number of pyridine rings is 1. The minimum Gasteiger partial charge on any atom is -0.497 e. The van der Waals surface area contributed by atoms with E-state index in [0.29, 0.717) is 18.1 Å². The molecule has 0 unspecified atom stereocenters. The molecule has 0 saturated carbocycles. The van der Waals surface area contributed by atoms with E-state index in [1.807, 2.05) is 25.1 Å². The Kier molecular flexibility index (Phi) is 4.62. The molecular weight excluding hydrogens is 268 g/mol. The Hall–Kier alpha value is -2.74. The van der Waals surface area contributed by atoms with Gasteiger partial charge in [-0.15, -0.1) is 0 Å². The third-order valence-corrected chi connectivity index (χ3v) is 2.97. The number of rotatable bonds is 5. The van der Waals surface area contributed by atoms with Gasteiger partial charge in [0, 0.05) is 6.07 Å². The lowest BCUT2D eigenvalue weighted by Gasteiger charge is -2.09. The second-order valence-corrected chi connectivity index (χ2v) is 4.44. The molecule has 2 rings (SSSR count). The van der Waals surface area contributed by atoms with E-state index in [-0.39, 0.29) is 5.56 Å². The molecule has 0 aliphatic heterocycles. The third kappa shape index (κ3) is 3.23. The van der Waals surface area contributed by atoms with Gasteiger partial charge in [-0.05, 0) is 36.2 Å². The van der Waals surface area contributed by atoms with Crippen LogP contribution in [0.2, 0.25) is 0 Å². The summed E-state index contributed by atoms with van der Waals surface area (Å²) in [7, 11) is 1.59. The van der Waals surface area contributed by atoms with Gasteiger partial charge >= 0.3 is 0 Å². The van der Waals surface area contributed by atoms with Gasteiger partial charge in [-0.1, -0.05) is 6.92 Å². The maximum absolute atomic E-state index is 12.0. The number of hydrogen-bond donors (Lipinski definition) is 1. The zero-order valence-electron chi connectivity index (χ0n) is 12.0. The van der Waals surface area contributed by atoms with Crippen molar-refractivity contribution < 1.29 is 9.47 Å². The molecule has 21 heavy (non-hydrogen) atoms. The topological polar surface area (TPSA) is 75.1 Å². The van der Waals surface area contributed by atoms with Crippen LogP contribution in [0.5, 0.6) is 11.5 Å². The van der Waals surface area contributed by atoms with Crippen LogP contribution < -0.4 is 15.0 Å². The van der Waals surface area contributed by atoms with Crippen LogP contribution in [0.1, 0.15) is 18.9 Å². The van der Waals surface area contributed by atoms with Crippen molar-refractivity contribution in [3.8, 4) is 28.8 Å². The highest BCUT2D eigenvalue weighted by Gasteiger charge is 2.11. The fourth-order valence-corrected chi connectivity index (χ4v) is 1.89. The minimum atomic E-state index is -0.447. The Labute approximate surface area is 122 Å². The largest absolute Gasteiger partial charge is 0.497 e. The number of H-pyrrole nitrogens is 1. The molecule has 1 aromatic carbocycles. The summed E-state index contributed by atoms with van der Waals surface area (Å²) in [6.07, 6.45) is 0.801. The van der Waals surface area contributed by atoms with Gasteiger partial charge in [0.1, 0.15) is 17.6 Å². The maximum atomic E-state index is 12.0. The van der Waals surface area contributed by atoms with Crippen molar-refractivity contribution in [1.82, 2.24) is 4.98 Å². The van der Waals surface area contributed by atoms with Crippen molar-refractivity contribution in [3.05, 3.63) is 46.2 Å². The maximum Gasteiger partial charge on any atom is 0.270 e. The Bertz CT molecular complexity index is 712. The van der Waals surface area contributed by atoms with E-state index in [2.05, 4.69) is 4.98 Å². The highest BCUT2D eigenvalue weighted by Crippen LogP contribution is 2.24. The van der Waals surface area contributed by atoms with E-state index >= 15 is 0 Å². The highest BCUT2D eigenvalue weighted by molar-refractivity contribution is 5.63. The Morgan fingerprint density at radius 2 is 2.00 bits per heavy atom. The van der Waals surface area contributed by atoms with Crippen molar-refractivity contribution >= 4 is 0 Å². The molecule has 1 aromatic heterocycles. The number of benzene rings is 1. The molecule has 1 heterocycles. The van der Waals surface area contributed by atoms with Crippen LogP contribution in [0.3, 0.4) is 0 Å². The lowest BCUT2D eigenvalue weighted by molar-refractivity contribution is 0.316. The molecule has 5 heteroatoms. The van der Waals surface area contributed by atoms with Crippen molar-refractivity contribution in [2.45, 2.75) is 13.3 Å². The van der Waals surface area contributed by atoms with Gasteiger partial charge in [0.15, 0.2) is 5.56 Å². The van der Waals surface area contributed by atoms with Crippen LogP contribution >= 0.6 is 0 Å². The molecule has 0 aliphatic carbocycles. The Morgan fingerprint density at radius 3 is 2.57 bits per heavy atom. The van der Waals surface area contributed by atoms with Gasteiger partial charge in [0.2, 0.25) is 0 Å². The molecule has 5 nitrogen and oxygen atoms in total. The monoisotopic (exact) mass is 284 g/mol. The van der Waals surface area contributed by atoms with Gasteiger partial charge in [-0.3, -0.25) is 4.79 Å². The number of ether oxygens (including phenoxy) is 2. The SMILES string of the molecule is CCCOc1cc(-c2ccc(OC)cc2)[nH]c(=O)c1C#N. The lowest BCUT2D eigenvalue weighted by atomic mass is 10.1. The van der Waals surface area contributed by atoms with Crippen LogP contribution in [0, 0.1) is 11.3 Å². The van der Waals surface area contributed by atoms with E-state index in [9.17, 15) is 4.79 Å². The molecule has 0 saturated heterocycles. The van der Waals surface area contributed by atoms with Crippen LogP contribution in [0.4, 0.5) is 0 Å². The van der Waals surface area contributed by atoms with Crippen LogP contribution in [0.15, 0.2) is 35.1 Å². The van der Waals surface area contributed by atoms with Gasteiger partial charge < -0.3 is 14.5 Å². The minimum absolute atomic E-state index is 0.000659. The number of hydrogen-bond acceptors (Lipinski definition) is 4. The summed E-state index contributed by atoms with van der Waals surface area (Å²) in [4.78, 5) is 14.7. The van der Waals surface area contributed by atoms with E-state index in [1.165, 1.54) is 0 Å². The molecule has 108 valence electrons. The van der Waals surface area contributed by atoms with Gasteiger partial charge in [-0.2, -0.15) is 5.26 Å². The average molecular weight is 284 g/mol. The number of methoxy groups -OCH3 is 1. The molecular formula is C16H16N2O3. The van der Waals surface area contributed by atoms with Crippen molar-refractivity contribution in [3.63, 3.8) is 0 Å². The Balaban J connectivity index is 2.46. The van der Waals surface area contributed by atoms with Crippen molar-refractivity contribution in [1.29, 1.82) is 5.26 Å². The van der Waals surface area contributed by atoms with Crippen LogP contribution in [-0.2, 0) is 0 Å². The van der Waals surface area contributed by atoms with Gasteiger partial charge in [-0.25, -0.2) is 0 Å². The zero-order valence-corrected chi connectivity index (χ0v) is 12.0. The molecule has 1 N–H and O–H groups in total. The second-order valence-electron chi connectivity index (χ2n) is 4.44. The molecule has 0 atom stereocenters. The fourth-order valence-electron chi connectivity index (χ4n) is 1.89. The number of aromatic nitrogens is 1. The third-order valence-electron chi connectivity index (χ3n) is 2.97. The predicted molar refractivity (Wildman–Crippen MR) is 79.6 cm³/mol. The smallest absolute Gasteiger partial charge is 0.270 e. The molecule has 0 fully saturated rings. The summed E-state index contributed by atoms with van der Waals surface area (Å²) in [6.45, 7) is 2.42. The lowest BCUT2D eigenvalue weighted by Crippen LogP contribution is -2.13. The molecule has 0 spiro atoms. The second kappa shape index (κ2) is 6.62. The molecule has 0 aliphatic rings. The first kappa shape index (κ1) is 14.7. The normalized spacial score (nSPS) is 9.95. The number of nitrogens with zero attached hydrogens (tertiary/aromatic N) is 1. The number of nitriles is 1.